The lowest BCUT2D eigenvalue weighted by atomic mass is 10.2. The van der Waals surface area contributed by atoms with Crippen molar-refractivity contribution >= 4 is 40.2 Å². The average Bonchev–Trinajstić information content (AvgIpc) is 2.74. The van der Waals surface area contributed by atoms with Crippen LogP contribution in [0.3, 0.4) is 0 Å². The van der Waals surface area contributed by atoms with Gasteiger partial charge in [-0.05, 0) is 30.3 Å². The summed E-state index contributed by atoms with van der Waals surface area (Å²) in [6.07, 6.45) is 0. The van der Waals surface area contributed by atoms with Crippen molar-refractivity contribution in [2.24, 2.45) is 0 Å². The highest BCUT2D eigenvalue weighted by atomic mass is 35.5. The first-order valence-electron chi connectivity index (χ1n) is 4.87. The van der Waals surface area contributed by atoms with Gasteiger partial charge in [0.15, 0.2) is 0 Å². The van der Waals surface area contributed by atoms with Gasteiger partial charge in [-0.1, -0.05) is 23.2 Å². The SMILES string of the molecule is N#Cc1ccc(Cl)c(NCc2ccc(Cl)s2)c1. The summed E-state index contributed by atoms with van der Waals surface area (Å²) in [6, 6.07) is 11.0. The molecule has 0 atom stereocenters. The van der Waals surface area contributed by atoms with Gasteiger partial charge in [0.05, 0.1) is 26.7 Å². The molecule has 0 aliphatic heterocycles. The molecule has 1 aromatic heterocycles. The summed E-state index contributed by atoms with van der Waals surface area (Å²) in [7, 11) is 0. The van der Waals surface area contributed by atoms with Crippen molar-refractivity contribution in [1.82, 2.24) is 0 Å². The number of nitrogens with one attached hydrogen (secondary N) is 1. The van der Waals surface area contributed by atoms with Crippen LogP contribution in [-0.4, -0.2) is 0 Å². The van der Waals surface area contributed by atoms with E-state index in [2.05, 4.69) is 11.4 Å². The van der Waals surface area contributed by atoms with Gasteiger partial charge in [0.1, 0.15) is 0 Å². The smallest absolute Gasteiger partial charge is 0.0992 e. The summed E-state index contributed by atoms with van der Waals surface area (Å²) >= 11 is 13.4. The molecule has 1 heterocycles. The molecule has 1 aromatic carbocycles. The number of anilines is 1. The fraction of sp³-hybridized carbons (Fsp3) is 0.0833. The van der Waals surface area contributed by atoms with Crippen molar-refractivity contribution in [2.45, 2.75) is 6.54 Å². The maximum Gasteiger partial charge on any atom is 0.0992 e. The molecular formula is C12H8Cl2N2S. The summed E-state index contributed by atoms with van der Waals surface area (Å²) in [5.41, 5.74) is 1.34. The molecule has 2 aromatic rings. The van der Waals surface area contributed by atoms with Crippen LogP contribution < -0.4 is 5.32 Å². The molecule has 17 heavy (non-hydrogen) atoms. The average molecular weight is 283 g/mol. The maximum atomic E-state index is 8.81. The lowest BCUT2D eigenvalue weighted by Gasteiger charge is -2.07. The molecule has 2 nitrogen and oxygen atoms in total. The molecule has 0 bridgehead atoms. The summed E-state index contributed by atoms with van der Waals surface area (Å²) in [6.45, 7) is 0.645. The van der Waals surface area contributed by atoms with E-state index in [1.54, 1.807) is 18.2 Å². The number of rotatable bonds is 3. The highest BCUT2D eigenvalue weighted by molar-refractivity contribution is 7.16. The van der Waals surface area contributed by atoms with Crippen molar-refractivity contribution in [1.29, 1.82) is 5.26 Å². The molecule has 5 heteroatoms. The van der Waals surface area contributed by atoms with E-state index in [-0.39, 0.29) is 0 Å². The third-order valence-electron chi connectivity index (χ3n) is 2.18. The van der Waals surface area contributed by atoms with E-state index in [1.807, 2.05) is 12.1 Å². The highest BCUT2D eigenvalue weighted by Crippen LogP contribution is 2.26. The minimum atomic E-state index is 0.584. The van der Waals surface area contributed by atoms with Gasteiger partial charge in [-0.25, -0.2) is 0 Å². The Morgan fingerprint density at radius 3 is 2.71 bits per heavy atom. The van der Waals surface area contributed by atoms with Crippen LogP contribution >= 0.6 is 34.5 Å². The fourth-order valence-electron chi connectivity index (χ4n) is 1.36. The number of halogens is 2. The quantitative estimate of drug-likeness (QED) is 0.897. The van der Waals surface area contributed by atoms with Crippen LogP contribution in [0.25, 0.3) is 0 Å². The molecule has 0 unspecified atom stereocenters. The number of nitrogens with zero attached hydrogens (tertiary/aromatic N) is 1. The zero-order chi connectivity index (χ0) is 12.3. The van der Waals surface area contributed by atoms with Gasteiger partial charge in [-0.15, -0.1) is 11.3 Å². The molecular weight excluding hydrogens is 275 g/mol. The van der Waals surface area contributed by atoms with Gasteiger partial charge in [0.25, 0.3) is 0 Å². The summed E-state index contributed by atoms with van der Waals surface area (Å²) in [5.74, 6) is 0. The van der Waals surface area contributed by atoms with Crippen LogP contribution in [0.5, 0.6) is 0 Å². The first kappa shape index (κ1) is 12.3. The topological polar surface area (TPSA) is 35.8 Å². The number of thiophene rings is 1. The predicted molar refractivity (Wildman–Crippen MR) is 72.8 cm³/mol. The molecule has 0 aliphatic carbocycles. The van der Waals surface area contributed by atoms with Gasteiger partial charge < -0.3 is 5.32 Å². The second-order valence-electron chi connectivity index (χ2n) is 3.37. The Kier molecular flexibility index (Phi) is 3.90. The third kappa shape index (κ3) is 3.13. The summed E-state index contributed by atoms with van der Waals surface area (Å²) in [4.78, 5) is 1.12. The van der Waals surface area contributed by atoms with Crippen LogP contribution in [0.4, 0.5) is 5.69 Å². The standard InChI is InChI=1S/C12H8Cl2N2S/c13-10-3-1-8(6-15)5-11(10)16-7-9-2-4-12(14)17-9/h1-5,16H,7H2. The van der Waals surface area contributed by atoms with E-state index in [9.17, 15) is 0 Å². The fourth-order valence-corrected chi connectivity index (χ4v) is 2.57. The van der Waals surface area contributed by atoms with Crippen molar-refractivity contribution in [3.8, 4) is 6.07 Å². The van der Waals surface area contributed by atoms with E-state index in [1.165, 1.54) is 11.3 Å². The Morgan fingerprint density at radius 2 is 2.06 bits per heavy atom. The van der Waals surface area contributed by atoms with Gasteiger partial charge in [0, 0.05) is 11.4 Å². The lowest BCUT2D eigenvalue weighted by Crippen LogP contribution is -1.98. The molecule has 0 radical (unpaired) electrons. The monoisotopic (exact) mass is 282 g/mol. The van der Waals surface area contributed by atoms with E-state index >= 15 is 0 Å². The Labute approximate surface area is 113 Å². The third-order valence-corrected chi connectivity index (χ3v) is 3.74. The van der Waals surface area contributed by atoms with Crippen LogP contribution in [0.2, 0.25) is 9.36 Å². The van der Waals surface area contributed by atoms with Crippen LogP contribution in [-0.2, 0) is 6.54 Å². The van der Waals surface area contributed by atoms with Crippen LogP contribution in [0.15, 0.2) is 30.3 Å². The number of hydrogen-bond acceptors (Lipinski definition) is 3. The zero-order valence-electron chi connectivity index (χ0n) is 8.71. The number of benzene rings is 1. The molecule has 2 rings (SSSR count). The van der Waals surface area contributed by atoms with E-state index in [0.29, 0.717) is 17.1 Å². The Balaban J connectivity index is 2.11. The van der Waals surface area contributed by atoms with Crippen molar-refractivity contribution in [3.63, 3.8) is 0 Å². The summed E-state index contributed by atoms with van der Waals surface area (Å²) in [5, 5.41) is 12.6. The van der Waals surface area contributed by atoms with Crippen molar-refractivity contribution < 1.29 is 0 Å². The van der Waals surface area contributed by atoms with Crippen LogP contribution in [0, 0.1) is 11.3 Å². The minimum Gasteiger partial charge on any atom is -0.379 e. The van der Waals surface area contributed by atoms with E-state index < -0.39 is 0 Å². The van der Waals surface area contributed by atoms with E-state index in [0.717, 1.165) is 14.9 Å². The normalized spacial score (nSPS) is 9.94. The second-order valence-corrected chi connectivity index (χ2v) is 5.57. The van der Waals surface area contributed by atoms with Crippen LogP contribution in [0.1, 0.15) is 10.4 Å². The Morgan fingerprint density at radius 1 is 1.24 bits per heavy atom. The van der Waals surface area contributed by atoms with Gasteiger partial charge >= 0.3 is 0 Å². The Hall–Kier alpha value is -1.21. The van der Waals surface area contributed by atoms with Gasteiger partial charge in [-0.3, -0.25) is 0 Å². The molecule has 0 saturated heterocycles. The largest absolute Gasteiger partial charge is 0.379 e. The second kappa shape index (κ2) is 5.42. The van der Waals surface area contributed by atoms with Crippen molar-refractivity contribution in [3.05, 3.63) is 50.1 Å². The minimum absolute atomic E-state index is 0.584. The number of hydrogen-bond donors (Lipinski definition) is 1. The van der Waals surface area contributed by atoms with E-state index in [4.69, 9.17) is 28.5 Å². The van der Waals surface area contributed by atoms with Gasteiger partial charge in [-0.2, -0.15) is 5.26 Å². The molecule has 0 aliphatic rings. The molecule has 86 valence electrons. The lowest BCUT2D eigenvalue weighted by molar-refractivity contribution is 1.19. The molecule has 0 fully saturated rings. The molecule has 0 saturated carbocycles. The zero-order valence-corrected chi connectivity index (χ0v) is 11.0. The molecule has 0 spiro atoms. The molecule has 1 N–H and O–H groups in total. The highest BCUT2D eigenvalue weighted by Gasteiger charge is 2.03. The first-order valence-corrected chi connectivity index (χ1v) is 6.44. The Bertz CT molecular complexity index is 572. The summed E-state index contributed by atoms with van der Waals surface area (Å²) < 4.78 is 0.763. The van der Waals surface area contributed by atoms with Gasteiger partial charge in [0.2, 0.25) is 0 Å². The van der Waals surface area contributed by atoms with Crippen molar-refractivity contribution in [2.75, 3.05) is 5.32 Å². The maximum absolute atomic E-state index is 8.81. The first-order chi connectivity index (χ1) is 8.19. The molecule has 0 amide bonds. The predicted octanol–water partition coefficient (Wildman–Crippen LogP) is 4.54. The number of nitriles is 1.